The monoisotopic (exact) mass is 546 g/mol. The Balaban J connectivity index is 1.48. The minimum Gasteiger partial charge on any atom is -0.465 e. The third-order valence-corrected chi connectivity index (χ3v) is 12.7. The molecule has 39 heavy (non-hydrogen) atoms. The Kier molecular flexibility index (Phi) is 7.56. The van der Waals surface area contributed by atoms with Crippen LogP contribution in [0.25, 0.3) is 0 Å². The summed E-state index contributed by atoms with van der Waals surface area (Å²) in [5, 5.41) is 2.29. The smallest absolute Gasteiger partial charge is 0.337 e. The van der Waals surface area contributed by atoms with E-state index in [9.17, 15) is 4.79 Å². The second-order valence-electron chi connectivity index (χ2n) is 11.7. The molecule has 4 atom stereocenters. The molecule has 2 heterocycles. The van der Waals surface area contributed by atoms with Gasteiger partial charge in [-0.15, -0.1) is 0 Å². The molecule has 0 bridgehead atoms. The van der Waals surface area contributed by atoms with Gasteiger partial charge in [-0.05, 0) is 47.0 Å². The third-order valence-electron chi connectivity index (χ3n) is 7.69. The van der Waals surface area contributed by atoms with Crippen LogP contribution in [0.5, 0.6) is 0 Å². The Hall–Kier alpha value is -2.81. The minimum absolute atomic E-state index is 0.150. The van der Waals surface area contributed by atoms with Crippen LogP contribution >= 0.6 is 0 Å². The molecule has 2 aliphatic heterocycles. The van der Waals surface area contributed by atoms with E-state index in [0.717, 1.165) is 5.56 Å². The first-order chi connectivity index (χ1) is 18.6. The highest BCUT2D eigenvalue weighted by molar-refractivity contribution is 6.99. The van der Waals surface area contributed by atoms with Crippen LogP contribution in [-0.2, 0) is 23.4 Å². The van der Waals surface area contributed by atoms with Crippen molar-refractivity contribution in [2.75, 3.05) is 13.7 Å². The van der Waals surface area contributed by atoms with E-state index >= 15 is 0 Å². The average molecular weight is 547 g/mol. The van der Waals surface area contributed by atoms with Gasteiger partial charge in [-0.1, -0.05) is 93.6 Å². The van der Waals surface area contributed by atoms with Crippen molar-refractivity contribution in [3.63, 3.8) is 0 Å². The van der Waals surface area contributed by atoms with E-state index in [2.05, 4.69) is 69.3 Å². The number of hydrogen-bond acceptors (Lipinski definition) is 6. The van der Waals surface area contributed by atoms with Gasteiger partial charge in [0.05, 0.1) is 19.3 Å². The van der Waals surface area contributed by atoms with E-state index in [0.29, 0.717) is 12.2 Å². The summed E-state index contributed by atoms with van der Waals surface area (Å²) >= 11 is 0. The van der Waals surface area contributed by atoms with Gasteiger partial charge >= 0.3 is 5.97 Å². The molecule has 3 aromatic carbocycles. The molecule has 2 aliphatic rings. The Bertz CT molecular complexity index is 1230. The second-order valence-corrected chi connectivity index (χ2v) is 16.1. The fourth-order valence-corrected chi connectivity index (χ4v) is 10.5. The molecule has 206 valence electrons. The van der Waals surface area contributed by atoms with Crippen LogP contribution in [0.1, 0.15) is 56.6 Å². The molecule has 5 rings (SSSR count). The number of fused-ring (bicyclic) bond motifs is 1. The number of carbonyl (C=O) groups is 1. The summed E-state index contributed by atoms with van der Waals surface area (Å²) in [6, 6.07) is 28.5. The molecule has 0 amide bonds. The molecule has 7 heteroatoms. The topological polar surface area (TPSA) is 63.2 Å². The summed E-state index contributed by atoms with van der Waals surface area (Å²) in [7, 11) is -1.37. The second kappa shape index (κ2) is 10.6. The van der Waals surface area contributed by atoms with Gasteiger partial charge in [0.1, 0.15) is 24.4 Å². The van der Waals surface area contributed by atoms with Gasteiger partial charge in [0, 0.05) is 0 Å². The zero-order valence-electron chi connectivity index (χ0n) is 23.5. The van der Waals surface area contributed by atoms with Crippen LogP contribution in [0.4, 0.5) is 0 Å². The zero-order chi connectivity index (χ0) is 27.8. The fraction of sp³-hybridized carbons (Fsp3) is 0.406. The van der Waals surface area contributed by atoms with E-state index in [1.807, 2.05) is 38.1 Å². The predicted octanol–water partition coefficient (Wildman–Crippen LogP) is 5.01. The van der Waals surface area contributed by atoms with Gasteiger partial charge < -0.3 is 23.4 Å². The first-order valence-corrected chi connectivity index (χ1v) is 15.4. The molecule has 2 fully saturated rings. The molecule has 0 N–H and O–H groups in total. The van der Waals surface area contributed by atoms with Crippen LogP contribution in [0.3, 0.4) is 0 Å². The highest BCUT2D eigenvalue weighted by atomic mass is 28.4. The van der Waals surface area contributed by atoms with Gasteiger partial charge in [-0.3, -0.25) is 0 Å². The molecule has 0 aliphatic carbocycles. The molecule has 2 saturated heterocycles. The molecule has 0 radical (unpaired) electrons. The molecule has 0 spiro atoms. The molecular weight excluding hydrogens is 508 g/mol. The van der Waals surface area contributed by atoms with E-state index in [4.69, 9.17) is 23.4 Å². The molecule has 3 aromatic rings. The lowest BCUT2D eigenvalue weighted by molar-refractivity contribution is -0.190. The van der Waals surface area contributed by atoms with E-state index in [-0.39, 0.29) is 35.4 Å². The maximum absolute atomic E-state index is 11.9. The molecule has 0 aromatic heterocycles. The first kappa shape index (κ1) is 27.7. The van der Waals surface area contributed by atoms with Gasteiger partial charge in [-0.2, -0.15) is 0 Å². The van der Waals surface area contributed by atoms with Gasteiger partial charge in [0.2, 0.25) is 0 Å². The zero-order valence-corrected chi connectivity index (χ0v) is 24.5. The quantitative estimate of drug-likeness (QED) is 0.307. The number of hydrogen-bond donors (Lipinski definition) is 0. The largest absolute Gasteiger partial charge is 0.465 e. The number of rotatable bonds is 7. The van der Waals surface area contributed by atoms with Crippen molar-refractivity contribution in [2.24, 2.45) is 0 Å². The van der Waals surface area contributed by atoms with Gasteiger partial charge in [0.15, 0.2) is 5.79 Å². The van der Waals surface area contributed by atoms with E-state index in [1.54, 1.807) is 12.1 Å². The summed E-state index contributed by atoms with van der Waals surface area (Å²) in [4.78, 5) is 11.9. The molecule has 0 unspecified atom stereocenters. The van der Waals surface area contributed by atoms with Crippen LogP contribution < -0.4 is 10.4 Å². The highest BCUT2D eigenvalue weighted by Crippen LogP contribution is 2.46. The Morgan fingerprint density at radius 1 is 0.846 bits per heavy atom. The molecule has 6 nitrogen and oxygen atoms in total. The van der Waals surface area contributed by atoms with E-state index < -0.39 is 14.1 Å². The summed E-state index contributed by atoms with van der Waals surface area (Å²) < 4.78 is 31.4. The van der Waals surface area contributed by atoms with Crippen molar-refractivity contribution in [1.29, 1.82) is 0 Å². The lowest BCUT2D eigenvalue weighted by Gasteiger charge is -2.43. The van der Waals surface area contributed by atoms with Crippen LogP contribution in [0.15, 0.2) is 84.9 Å². The predicted molar refractivity (Wildman–Crippen MR) is 153 cm³/mol. The van der Waals surface area contributed by atoms with Crippen LogP contribution in [0, 0.1) is 0 Å². The number of methoxy groups -OCH3 is 1. The number of ether oxygens (including phenoxy) is 4. The number of esters is 1. The van der Waals surface area contributed by atoms with Gasteiger partial charge in [-0.25, -0.2) is 4.79 Å². The summed E-state index contributed by atoms with van der Waals surface area (Å²) in [5.74, 6) is -1.11. The van der Waals surface area contributed by atoms with Gasteiger partial charge in [0.25, 0.3) is 8.32 Å². The normalized spacial score (nSPS) is 24.4. The average Bonchev–Trinajstić information content (AvgIpc) is 3.42. The number of benzene rings is 3. The van der Waals surface area contributed by atoms with E-state index in [1.165, 1.54) is 17.5 Å². The lowest BCUT2D eigenvalue weighted by Crippen LogP contribution is -2.67. The van der Waals surface area contributed by atoms with Crippen molar-refractivity contribution in [2.45, 2.75) is 69.9 Å². The highest BCUT2D eigenvalue weighted by Gasteiger charge is 2.57. The lowest BCUT2D eigenvalue weighted by atomic mass is 10.0. The van der Waals surface area contributed by atoms with Crippen LogP contribution in [-0.4, -0.2) is 52.1 Å². The van der Waals surface area contributed by atoms with Crippen molar-refractivity contribution in [1.82, 2.24) is 0 Å². The first-order valence-electron chi connectivity index (χ1n) is 13.5. The SMILES string of the molecule is COC(=O)c1ccc([C@@H]2O[C@H](CO[Si](c3ccccc3)(c3ccccc3)C(C)(C)C)[C@H]3OC(C)(C)O[C@H]32)cc1. The summed E-state index contributed by atoms with van der Waals surface area (Å²) in [6.07, 6.45) is -1.26. The molecule has 0 saturated carbocycles. The van der Waals surface area contributed by atoms with Crippen molar-refractivity contribution in [3.8, 4) is 0 Å². The Labute approximate surface area is 232 Å². The standard InChI is InChI=1S/C32H38O6Si/c1-31(2,3)39(24-13-9-7-10-14-24,25-15-11-8-12-16-25)35-21-26-28-29(38-32(4,5)37-28)27(36-26)22-17-19-23(20-18-22)30(33)34-6/h7-20,26-29H,21H2,1-6H3/t26-,27+,28-,29+/m1/s1. The maximum Gasteiger partial charge on any atom is 0.337 e. The number of carbonyl (C=O) groups excluding carboxylic acids is 1. The minimum atomic E-state index is -2.75. The van der Waals surface area contributed by atoms with Crippen molar-refractivity contribution >= 4 is 24.7 Å². The fourth-order valence-electron chi connectivity index (χ4n) is 5.98. The third kappa shape index (κ3) is 5.22. The van der Waals surface area contributed by atoms with Crippen molar-refractivity contribution in [3.05, 3.63) is 96.1 Å². The summed E-state index contributed by atoms with van der Waals surface area (Å²) in [6.45, 7) is 11.0. The Morgan fingerprint density at radius 3 is 1.90 bits per heavy atom. The van der Waals surface area contributed by atoms with Crippen molar-refractivity contribution < 1.29 is 28.2 Å². The molecular formula is C32H38O6Si. The summed E-state index contributed by atoms with van der Waals surface area (Å²) in [5.41, 5.74) is 1.41. The Morgan fingerprint density at radius 2 is 1.38 bits per heavy atom. The maximum atomic E-state index is 11.9. The van der Waals surface area contributed by atoms with Crippen LogP contribution in [0.2, 0.25) is 5.04 Å².